The maximum Gasteiger partial charge on any atom is 2.00 e. The summed E-state index contributed by atoms with van der Waals surface area (Å²) in [6.45, 7) is 28.6. The zero-order valence-electron chi connectivity index (χ0n) is 19.4. The summed E-state index contributed by atoms with van der Waals surface area (Å²) in [5, 5.41) is 0.759. The molecule has 1 radical (unpaired) electrons. The molecular formula is C23H38Cl2N2PRu. The molecule has 1 aliphatic carbocycles. The van der Waals surface area contributed by atoms with E-state index in [2.05, 4.69) is 91.2 Å². The van der Waals surface area contributed by atoms with Crippen LogP contribution in [0.15, 0.2) is 42.3 Å². The molecule has 2 nitrogen and oxygen atoms in total. The molecule has 1 heterocycles. The minimum absolute atomic E-state index is 0. The molecule has 0 atom stereocenters. The fraction of sp³-hybridized carbons (Fsp3) is 0.565. The first-order valence-electron chi connectivity index (χ1n) is 9.37. The summed E-state index contributed by atoms with van der Waals surface area (Å²) >= 11 is 0. The molecule has 0 fully saturated rings. The van der Waals surface area contributed by atoms with Crippen LogP contribution in [0, 0.1) is 19.7 Å². The van der Waals surface area contributed by atoms with Gasteiger partial charge in [-0.2, -0.15) is 18.6 Å². The molecule has 0 bridgehead atoms. The largest absolute Gasteiger partial charge is 2.00 e. The maximum atomic E-state index is 5.36. The number of rotatable bonds is 2. The summed E-state index contributed by atoms with van der Waals surface area (Å²) in [4.78, 5) is 4.67. The third-order valence-electron chi connectivity index (χ3n) is 4.19. The van der Waals surface area contributed by atoms with E-state index in [1.54, 1.807) is 0 Å². The van der Waals surface area contributed by atoms with Gasteiger partial charge in [-0.15, -0.1) is 12.2 Å². The van der Waals surface area contributed by atoms with Gasteiger partial charge in [0, 0.05) is 24.2 Å². The standard InChI is InChI=1S/C16H32N2P.C7H6.2ClH.Ru/c1-14(2,3)18-11-10-17(12-18)13-19(15(4,5)6)16(7,8)9;1-7-5-3-2-4-6-7;;;/h10-12H,13H2,1-9H3;1-6H;2*1H;/q;;;;+2/p-2. The van der Waals surface area contributed by atoms with Crippen LogP contribution >= 0.6 is 7.92 Å². The van der Waals surface area contributed by atoms with E-state index in [0.717, 1.165) is 11.9 Å². The van der Waals surface area contributed by atoms with Crippen molar-refractivity contribution in [3.05, 3.63) is 61.9 Å². The normalized spacial score (nSPS) is 15.7. The second-order valence-corrected chi connectivity index (χ2v) is 13.6. The second-order valence-electron chi connectivity index (χ2n) is 9.83. The Kier molecular flexibility index (Phi) is 15.5. The Morgan fingerprint density at radius 3 is 1.59 bits per heavy atom. The first kappa shape index (κ1) is 33.6. The monoisotopic (exact) mass is 545 g/mol. The van der Waals surface area contributed by atoms with Gasteiger partial charge in [-0.1, -0.05) is 56.0 Å². The summed E-state index contributed by atoms with van der Waals surface area (Å²) in [5.74, 6) is 0. The molecule has 0 N–H and O–H groups in total. The minimum atomic E-state index is -0.0919. The fourth-order valence-electron chi connectivity index (χ4n) is 2.92. The van der Waals surface area contributed by atoms with E-state index < -0.39 is 0 Å². The Morgan fingerprint density at radius 2 is 1.31 bits per heavy atom. The van der Waals surface area contributed by atoms with Gasteiger partial charge in [0.2, 0.25) is 0 Å². The number of allylic oxidation sites excluding steroid dienone is 5. The predicted octanol–water partition coefficient (Wildman–Crippen LogP) is 0.711. The quantitative estimate of drug-likeness (QED) is 0.287. The first-order valence-corrected chi connectivity index (χ1v) is 10.9. The van der Waals surface area contributed by atoms with Crippen molar-refractivity contribution in [3.63, 3.8) is 0 Å². The van der Waals surface area contributed by atoms with Gasteiger partial charge in [0.05, 0.1) is 0 Å². The molecular weight excluding hydrogens is 507 g/mol. The summed E-state index contributed by atoms with van der Waals surface area (Å²) in [6, 6.07) is 0. The second kappa shape index (κ2) is 13.4. The van der Waals surface area contributed by atoms with Crippen LogP contribution in [-0.2, 0) is 19.5 Å². The molecule has 0 aromatic heterocycles. The number of hydrogen-bond donors (Lipinski definition) is 0. The summed E-state index contributed by atoms with van der Waals surface area (Å²) in [6.07, 6.45) is 15.0. The Morgan fingerprint density at radius 1 is 0.862 bits per heavy atom. The van der Waals surface area contributed by atoms with Crippen molar-refractivity contribution in [3.8, 4) is 0 Å². The van der Waals surface area contributed by atoms with E-state index in [-0.39, 0.29) is 57.8 Å². The van der Waals surface area contributed by atoms with Crippen molar-refractivity contribution in [2.45, 2.75) is 78.2 Å². The van der Waals surface area contributed by atoms with E-state index in [4.69, 9.17) is 6.58 Å². The molecule has 29 heavy (non-hydrogen) atoms. The van der Waals surface area contributed by atoms with E-state index in [0.29, 0.717) is 10.3 Å². The average Bonchev–Trinajstić information content (AvgIpc) is 2.92. The Bertz CT molecular complexity index is 539. The van der Waals surface area contributed by atoms with Gasteiger partial charge in [-0.05, 0) is 36.7 Å². The van der Waals surface area contributed by atoms with Crippen molar-refractivity contribution in [2.75, 3.05) is 6.29 Å². The van der Waals surface area contributed by atoms with Crippen molar-refractivity contribution in [2.24, 2.45) is 0 Å². The van der Waals surface area contributed by atoms with Gasteiger partial charge in [0.15, 0.2) is 0 Å². The molecule has 2 aliphatic rings. The third kappa shape index (κ3) is 12.4. The van der Waals surface area contributed by atoms with Crippen LogP contribution in [-0.4, -0.2) is 31.9 Å². The van der Waals surface area contributed by atoms with Crippen molar-refractivity contribution >= 4 is 7.92 Å². The van der Waals surface area contributed by atoms with E-state index >= 15 is 0 Å². The maximum absolute atomic E-state index is 5.36. The van der Waals surface area contributed by atoms with Crippen molar-refractivity contribution in [1.29, 1.82) is 0 Å². The van der Waals surface area contributed by atoms with Crippen molar-refractivity contribution in [1.82, 2.24) is 9.80 Å². The Hall–Kier alpha value is -0.0266. The first-order chi connectivity index (χ1) is 11.7. The summed E-state index contributed by atoms with van der Waals surface area (Å²) in [7, 11) is -0.0919. The van der Waals surface area contributed by atoms with Crippen molar-refractivity contribution < 1.29 is 44.3 Å². The van der Waals surface area contributed by atoms with Crippen LogP contribution in [0.3, 0.4) is 0 Å². The minimum Gasteiger partial charge on any atom is -1.00 e. The molecule has 0 spiro atoms. The van der Waals surface area contributed by atoms with Gasteiger partial charge in [0.25, 0.3) is 0 Å². The molecule has 2 rings (SSSR count). The molecule has 0 aromatic rings. The van der Waals surface area contributed by atoms with E-state index in [9.17, 15) is 0 Å². The van der Waals surface area contributed by atoms with E-state index in [1.807, 2.05) is 30.7 Å². The molecule has 1 aliphatic heterocycles. The number of halogens is 2. The number of nitrogens with zero attached hydrogens (tertiary/aromatic N) is 2. The molecule has 0 saturated carbocycles. The Labute approximate surface area is 207 Å². The molecule has 0 aromatic carbocycles. The molecule has 167 valence electrons. The van der Waals surface area contributed by atoms with E-state index in [1.165, 1.54) is 0 Å². The van der Waals surface area contributed by atoms with Gasteiger partial charge < -0.3 is 34.6 Å². The smallest absolute Gasteiger partial charge is 1.00 e. The van der Waals surface area contributed by atoms with Crippen LogP contribution in [0.25, 0.3) is 0 Å². The van der Waals surface area contributed by atoms with Crippen LogP contribution < -0.4 is 24.8 Å². The molecule has 0 unspecified atom stereocenters. The SMILES string of the molecule is CC(C)(C)N1[CH]N(CP(C(C)(C)C)C(C)(C)C)C=C1.[CH+]=C1C=C[CH-]C=C1.[Cl-].[Cl-].[Ru+2]. The van der Waals surface area contributed by atoms with Crippen LogP contribution in [0.1, 0.15) is 62.3 Å². The molecule has 0 saturated heterocycles. The topological polar surface area (TPSA) is 6.48 Å². The predicted molar refractivity (Wildman–Crippen MR) is 119 cm³/mol. The van der Waals surface area contributed by atoms with Gasteiger partial charge >= 0.3 is 19.5 Å². The van der Waals surface area contributed by atoms with Gasteiger partial charge in [-0.25, -0.2) is 0 Å². The van der Waals surface area contributed by atoms with Crippen LogP contribution in [0.4, 0.5) is 0 Å². The van der Waals surface area contributed by atoms with Gasteiger partial charge in [0.1, 0.15) is 6.67 Å². The van der Waals surface area contributed by atoms with Crippen LogP contribution in [0.2, 0.25) is 0 Å². The third-order valence-corrected chi connectivity index (χ3v) is 8.04. The summed E-state index contributed by atoms with van der Waals surface area (Å²) < 4.78 is 0. The molecule has 0 amide bonds. The zero-order valence-corrected chi connectivity index (χ0v) is 23.5. The average molecular weight is 546 g/mol. The number of hydrogen-bond acceptors (Lipinski definition) is 2. The zero-order chi connectivity index (χ0) is 20.2. The van der Waals surface area contributed by atoms with Gasteiger partial charge in [-0.3, -0.25) is 0 Å². The molecule has 6 heteroatoms. The van der Waals surface area contributed by atoms with Crippen LogP contribution in [0.5, 0.6) is 0 Å². The summed E-state index contributed by atoms with van der Waals surface area (Å²) in [5.41, 5.74) is 0.986. The Balaban J connectivity index is -0.000000577. The fourth-order valence-corrected chi connectivity index (χ4v) is 6.28.